The molecule has 6 heteroatoms. The Labute approximate surface area is 160 Å². The number of halogens is 1. The number of amides is 2. The van der Waals surface area contributed by atoms with Crippen LogP contribution in [0.2, 0.25) is 0 Å². The number of benzene rings is 2. The van der Waals surface area contributed by atoms with Crippen molar-refractivity contribution in [3.05, 3.63) is 70.8 Å². The molecule has 1 aliphatic heterocycles. The van der Waals surface area contributed by atoms with Gasteiger partial charge in [-0.05, 0) is 35.2 Å². The molecule has 2 aromatic carbocycles. The fraction of sp³-hybridized carbons (Fsp3) is 0.300. The molecule has 2 amide bonds. The van der Waals surface area contributed by atoms with E-state index in [9.17, 15) is 9.59 Å². The maximum atomic E-state index is 12.3. The van der Waals surface area contributed by atoms with Gasteiger partial charge in [0, 0.05) is 38.2 Å². The summed E-state index contributed by atoms with van der Waals surface area (Å²) < 4.78 is 0. The molecule has 0 unspecified atom stereocenters. The molecule has 0 bridgehead atoms. The number of carbonyl (C=O) groups is 2. The number of hydrogen-bond acceptors (Lipinski definition) is 3. The number of carbonyl (C=O) groups excluding carboxylic acids is 2. The van der Waals surface area contributed by atoms with Crippen molar-refractivity contribution in [3.63, 3.8) is 0 Å². The number of rotatable bonds is 6. The maximum absolute atomic E-state index is 12.3. The highest BCUT2D eigenvalue weighted by Crippen LogP contribution is 2.22. The second-order valence-electron chi connectivity index (χ2n) is 6.28. The predicted molar refractivity (Wildman–Crippen MR) is 104 cm³/mol. The van der Waals surface area contributed by atoms with Gasteiger partial charge in [-0.2, -0.15) is 0 Å². The average Bonchev–Trinajstić information content (AvgIpc) is 3.09. The van der Waals surface area contributed by atoms with Crippen molar-refractivity contribution in [1.82, 2.24) is 10.2 Å². The highest BCUT2D eigenvalue weighted by molar-refractivity contribution is 5.94. The molecule has 0 atom stereocenters. The van der Waals surface area contributed by atoms with Crippen LogP contribution in [0.25, 0.3) is 0 Å². The summed E-state index contributed by atoms with van der Waals surface area (Å²) in [4.78, 5) is 26.2. The van der Waals surface area contributed by atoms with Crippen LogP contribution in [-0.4, -0.2) is 23.3 Å². The monoisotopic (exact) mass is 373 g/mol. The van der Waals surface area contributed by atoms with Crippen LogP contribution in [0.4, 0.5) is 0 Å². The molecule has 0 aromatic heterocycles. The zero-order chi connectivity index (χ0) is 17.6. The van der Waals surface area contributed by atoms with Crippen molar-refractivity contribution < 1.29 is 9.59 Å². The number of hydrogen-bond donors (Lipinski definition) is 2. The second-order valence-corrected chi connectivity index (χ2v) is 6.28. The molecule has 0 saturated carbocycles. The Bertz CT molecular complexity index is 737. The topological polar surface area (TPSA) is 75.4 Å². The third-order valence-electron chi connectivity index (χ3n) is 4.50. The van der Waals surface area contributed by atoms with Gasteiger partial charge < -0.3 is 16.0 Å². The largest absolute Gasteiger partial charge is 0.352 e. The first-order valence-corrected chi connectivity index (χ1v) is 8.59. The third-order valence-corrected chi connectivity index (χ3v) is 4.50. The van der Waals surface area contributed by atoms with E-state index in [0.717, 1.165) is 5.56 Å². The van der Waals surface area contributed by atoms with Crippen LogP contribution in [0.3, 0.4) is 0 Å². The Hall–Kier alpha value is -2.37. The Balaban J connectivity index is 0.00000243. The quantitative estimate of drug-likeness (QED) is 0.764. The van der Waals surface area contributed by atoms with E-state index in [1.807, 2.05) is 29.2 Å². The van der Waals surface area contributed by atoms with E-state index in [2.05, 4.69) is 17.4 Å². The summed E-state index contributed by atoms with van der Waals surface area (Å²) in [6, 6.07) is 15.4. The van der Waals surface area contributed by atoms with Crippen molar-refractivity contribution in [2.75, 3.05) is 6.54 Å². The second kappa shape index (κ2) is 9.36. The first kappa shape index (κ1) is 19.9. The maximum Gasteiger partial charge on any atom is 0.251 e. The van der Waals surface area contributed by atoms with E-state index in [-0.39, 0.29) is 24.2 Å². The van der Waals surface area contributed by atoms with Crippen LogP contribution in [0.15, 0.2) is 48.5 Å². The molecular weight excluding hydrogens is 350 g/mol. The molecule has 26 heavy (non-hydrogen) atoms. The molecule has 1 aliphatic rings. The fourth-order valence-corrected chi connectivity index (χ4v) is 3.00. The SMILES string of the molecule is Cl.NCc1ccc(C(=O)NCCCC(=O)N2Cc3ccccc3C2)cc1. The van der Waals surface area contributed by atoms with E-state index in [0.29, 0.717) is 44.6 Å². The van der Waals surface area contributed by atoms with Gasteiger partial charge in [-0.3, -0.25) is 9.59 Å². The molecule has 3 N–H and O–H groups in total. The molecular formula is C20H24ClN3O2. The normalized spacial score (nSPS) is 12.3. The number of nitrogens with one attached hydrogen (secondary N) is 1. The Morgan fingerprint density at radius 3 is 2.19 bits per heavy atom. The summed E-state index contributed by atoms with van der Waals surface area (Å²) in [5.41, 5.74) is 9.60. The first-order chi connectivity index (χ1) is 12.2. The van der Waals surface area contributed by atoms with Gasteiger partial charge >= 0.3 is 0 Å². The lowest BCUT2D eigenvalue weighted by molar-refractivity contribution is -0.131. The van der Waals surface area contributed by atoms with Gasteiger partial charge in [0.1, 0.15) is 0 Å². The van der Waals surface area contributed by atoms with Gasteiger partial charge in [-0.1, -0.05) is 36.4 Å². The summed E-state index contributed by atoms with van der Waals surface area (Å²) in [5.74, 6) is 0.0161. The molecule has 0 aliphatic carbocycles. The minimum absolute atomic E-state index is 0. The zero-order valence-corrected chi connectivity index (χ0v) is 15.4. The summed E-state index contributed by atoms with van der Waals surface area (Å²) >= 11 is 0. The summed E-state index contributed by atoms with van der Waals surface area (Å²) in [6.45, 7) is 2.33. The molecule has 5 nitrogen and oxygen atoms in total. The van der Waals surface area contributed by atoms with Gasteiger partial charge in [-0.15, -0.1) is 12.4 Å². The highest BCUT2D eigenvalue weighted by Gasteiger charge is 2.22. The van der Waals surface area contributed by atoms with Crippen molar-refractivity contribution >= 4 is 24.2 Å². The van der Waals surface area contributed by atoms with Crippen LogP contribution >= 0.6 is 12.4 Å². The van der Waals surface area contributed by atoms with Crippen LogP contribution in [-0.2, 0) is 24.4 Å². The predicted octanol–water partition coefficient (Wildman–Crippen LogP) is 2.62. The van der Waals surface area contributed by atoms with Crippen LogP contribution < -0.4 is 11.1 Å². The standard InChI is InChI=1S/C20H23N3O2.ClH/c21-12-15-7-9-16(10-8-15)20(25)22-11-3-6-19(24)23-13-17-4-1-2-5-18(17)14-23;/h1-2,4-5,7-10H,3,6,11-14,21H2,(H,22,25);1H. The molecule has 0 saturated heterocycles. The van der Waals surface area contributed by atoms with E-state index >= 15 is 0 Å². The highest BCUT2D eigenvalue weighted by atomic mass is 35.5. The lowest BCUT2D eigenvalue weighted by atomic mass is 10.1. The third kappa shape index (κ3) is 4.84. The lowest BCUT2D eigenvalue weighted by Gasteiger charge is -2.15. The fourth-order valence-electron chi connectivity index (χ4n) is 3.00. The van der Waals surface area contributed by atoms with E-state index in [1.54, 1.807) is 12.1 Å². The minimum Gasteiger partial charge on any atom is -0.352 e. The number of nitrogens with two attached hydrogens (primary N) is 1. The summed E-state index contributed by atoms with van der Waals surface area (Å²) in [5, 5.41) is 2.86. The van der Waals surface area contributed by atoms with Crippen molar-refractivity contribution in [1.29, 1.82) is 0 Å². The van der Waals surface area contributed by atoms with Crippen molar-refractivity contribution in [2.45, 2.75) is 32.5 Å². The van der Waals surface area contributed by atoms with Gasteiger partial charge in [0.05, 0.1) is 0 Å². The van der Waals surface area contributed by atoms with Crippen molar-refractivity contribution in [2.24, 2.45) is 5.73 Å². The molecule has 0 fully saturated rings. The van der Waals surface area contributed by atoms with Gasteiger partial charge in [-0.25, -0.2) is 0 Å². The lowest BCUT2D eigenvalue weighted by Crippen LogP contribution is -2.28. The van der Waals surface area contributed by atoms with Crippen LogP contribution in [0, 0.1) is 0 Å². The molecule has 3 rings (SSSR count). The van der Waals surface area contributed by atoms with Crippen LogP contribution in [0.5, 0.6) is 0 Å². The molecule has 0 radical (unpaired) electrons. The van der Waals surface area contributed by atoms with E-state index in [4.69, 9.17) is 5.73 Å². The number of fused-ring (bicyclic) bond motifs is 1. The summed E-state index contributed by atoms with van der Waals surface area (Å²) in [6.07, 6.45) is 1.08. The Morgan fingerprint density at radius 2 is 1.62 bits per heavy atom. The first-order valence-electron chi connectivity index (χ1n) is 8.59. The number of nitrogens with zero attached hydrogens (tertiary/aromatic N) is 1. The smallest absolute Gasteiger partial charge is 0.251 e. The molecule has 2 aromatic rings. The Morgan fingerprint density at radius 1 is 1.00 bits per heavy atom. The van der Waals surface area contributed by atoms with Crippen LogP contribution in [0.1, 0.15) is 39.9 Å². The van der Waals surface area contributed by atoms with Crippen molar-refractivity contribution in [3.8, 4) is 0 Å². The minimum atomic E-state index is -0.121. The summed E-state index contributed by atoms with van der Waals surface area (Å²) in [7, 11) is 0. The Kier molecular flexibility index (Phi) is 7.18. The molecule has 138 valence electrons. The molecule has 0 spiro atoms. The van der Waals surface area contributed by atoms with Gasteiger partial charge in [0.2, 0.25) is 5.91 Å². The van der Waals surface area contributed by atoms with E-state index in [1.165, 1.54) is 11.1 Å². The van der Waals surface area contributed by atoms with Gasteiger partial charge in [0.25, 0.3) is 5.91 Å². The molecule has 1 heterocycles. The van der Waals surface area contributed by atoms with E-state index < -0.39 is 0 Å². The zero-order valence-electron chi connectivity index (χ0n) is 14.6. The van der Waals surface area contributed by atoms with Gasteiger partial charge in [0.15, 0.2) is 0 Å². The average molecular weight is 374 g/mol.